The van der Waals surface area contributed by atoms with Crippen LogP contribution < -0.4 is 15.5 Å². The Hall–Kier alpha value is -3.39. The Balaban J connectivity index is 1.53. The lowest BCUT2D eigenvalue weighted by Gasteiger charge is -2.06. The number of carbonyl (C=O) groups excluding carboxylic acids is 3. The van der Waals surface area contributed by atoms with Gasteiger partial charge in [-0.15, -0.1) is 0 Å². The maximum absolute atomic E-state index is 12.2. The average Bonchev–Trinajstić information content (AvgIpc) is 2.76. The van der Waals surface area contributed by atoms with Crippen LogP contribution in [0.3, 0.4) is 0 Å². The molecule has 10 heteroatoms. The molecule has 3 aromatic carbocycles. The number of hydrogen-bond acceptors (Lipinski definition) is 5. The monoisotopic (exact) mass is 489 g/mol. The molecule has 162 valence electrons. The first-order valence-electron chi connectivity index (χ1n) is 8.99. The number of para-hydroxylation sites is 1. The molecule has 7 nitrogen and oxygen atoms in total. The van der Waals surface area contributed by atoms with Crippen molar-refractivity contribution in [3.8, 4) is 5.75 Å². The van der Waals surface area contributed by atoms with Crippen LogP contribution in [0.4, 0.5) is 5.69 Å². The molecule has 0 spiro atoms. The Labute approximate surface area is 197 Å². The molecule has 0 heterocycles. The summed E-state index contributed by atoms with van der Waals surface area (Å²) in [6.07, 6.45) is 1.32. The fraction of sp³-hybridized carbons (Fsp3) is 0. The Morgan fingerprint density at radius 1 is 0.844 bits per heavy atom. The van der Waals surface area contributed by atoms with E-state index < -0.39 is 17.8 Å². The van der Waals surface area contributed by atoms with E-state index >= 15 is 0 Å². The zero-order chi connectivity index (χ0) is 23.1. The minimum absolute atomic E-state index is 0.180. The minimum Gasteiger partial charge on any atom is -0.423 e. The van der Waals surface area contributed by atoms with Crippen molar-refractivity contribution in [3.05, 3.63) is 92.9 Å². The Bertz CT molecular complexity index is 1200. The first-order chi connectivity index (χ1) is 15.3. The summed E-state index contributed by atoms with van der Waals surface area (Å²) in [5.41, 5.74) is 3.19. The molecule has 32 heavy (non-hydrogen) atoms. The number of esters is 1. The summed E-state index contributed by atoms with van der Waals surface area (Å²) in [6, 6.07) is 17.2. The zero-order valence-electron chi connectivity index (χ0n) is 16.1. The van der Waals surface area contributed by atoms with Crippen molar-refractivity contribution >= 4 is 64.5 Å². The fourth-order valence-electron chi connectivity index (χ4n) is 2.40. The molecule has 0 unspecified atom stereocenters. The van der Waals surface area contributed by atoms with Gasteiger partial charge in [-0.25, -0.2) is 10.2 Å². The van der Waals surface area contributed by atoms with Crippen molar-refractivity contribution in [2.75, 3.05) is 5.32 Å². The van der Waals surface area contributed by atoms with E-state index in [-0.39, 0.29) is 16.3 Å². The van der Waals surface area contributed by atoms with Crippen LogP contribution in [0.1, 0.15) is 15.9 Å². The first kappa shape index (κ1) is 23.3. The van der Waals surface area contributed by atoms with Gasteiger partial charge in [-0.2, -0.15) is 5.10 Å². The van der Waals surface area contributed by atoms with Crippen LogP contribution in [0.15, 0.2) is 71.8 Å². The van der Waals surface area contributed by atoms with Gasteiger partial charge in [0.2, 0.25) is 0 Å². The number of ether oxygens (including phenoxy) is 1. The Morgan fingerprint density at radius 3 is 2.25 bits per heavy atom. The summed E-state index contributed by atoms with van der Waals surface area (Å²) in [6.45, 7) is 0. The number of amides is 2. The summed E-state index contributed by atoms with van der Waals surface area (Å²) < 4.78 is 5.27. The lowest BCUT2D eigenvalue weighted by molar-refractivity contribution is -0.136. The van der Waals surface area contributed by atoms with Crippen LogP contribution in [0.2, 0.25) is 15.1 Å². The molecule has 0 aliphatic heterocycles. The highest BCUT2D eigenvalue weighted by molar-refractivity contribution is 6.41. The molecule has 0 atom stereocenters. The van der Waals surface area contributed by atoms with Gasteiger partial charge in [0, 0.05) is 5.02 Å². The third-order valence-electron chi connectivity index (χ3n) is 3.95. The fourth-order valence-corrected chi connectivity index (χ4v) is 3.07. The number of carbonyl (C=O) groups is 3. The van der Waals surface area contributed by atoms with E-state index in [2.05, 4.69) is 15.8 Å². The number of nitrogens with one attached hydrogen (secondary N) is 2. The minimum atomic E-state index is -0.966. The second-order valence-electron chi connectivity index (χ2n) is 6.22. The van der Waals surface area contributed by atoms with Gasteiger partial charge in [0.15, 0.2) is 0 Å². The van der Waals surface area contributed by atoms with E-state index in [9.17, 15) is 14.4 Å². The van der Waals surface area contributed by atoms with Crippen molar-refractivity contribution in [2.45, 2.75) is 0 Å². The molecule has 0 aliphatic rings. The third kappa shape index (κ3) is 6.31. The molecule has 0 bridgehead atoms. The van der Waals surface area contributed by atoms with Gasteiger partial charge in [0.25, 0.3) is 0 Å². The van der Waals surface area contributed by atoms with Gasteiger partial charge in [0.05, 0.1) is 27.5 Å². The number of nitrogens with zero attached hydrogens (tertiary/aromatic N) is 1. The van der Waals surface area contributed by atoms with E-state index in [1.807, 2.05) is 0 Å². The second-order valence-corrected chi connectivity index (χ2v) is 7.47. The predicted octanol–water partition coefficient (Wildman–Crippen LogP) is 4.95. The van der Waals surface area contributed by atoms with E-state index in [0.29, 0.717) is 21.3 Å². The van der Waals surface area contributed by atoms with E-state index in [0.717, 1.165) is 0 Å². The molecule has 0 radical (unpaired) electrons. The van der Waals surface area contributed by atoms with Gasteiger partial charge in [0.1, 0.15) is 5.75 Å². The molecule has 3 rings (SSSR count). The lowest BCUT2D eigenvalue weighted by atomic mass is 10.2. The molecule has 2 amide bonds. The molecule has 0 saturated heterocycles. The van der Waals surface area contributed by atoms with Crippen molar-refractivity contribution < 1.29 is 19.1 Å². The number of hydrogen-bond donors (Lipinski definition) is 2. The summed E-state index contributed by atoms with van der Waals surface area (Å²) in [7, 11) is 0. The SMILES string of the molecule is O=C(N/N=C/c1ccc(OC(=O)c2ccc(Cl)cc2Cl)cc1)C(=O)Nc1ccccc1Cl. The quantitative estimate of drug-likeness (QED) is 0.174. The topological polar surface area (TPSA) is 96.9 Å². The van der Waals surface area contributed by atoms with Crippen molar-refractivity contribution in [1.29, 1.82) is 0 Å². The van der Waals surface area contributed by atoms with Crippen molar-refractivity contribution in [1.82, 2.24) is 5.43 Å². The molecular weight excluding hydrogens is 477 g/mol. The summed E-state index contributed by atoms with van der Waals surface area (Å²) in [5, 5.41) is 7.00. The van der Waals surface area contributed by atoms with Crippen LogP contribution in [-0.4, -0.2) is 24.0 Å². The highest BCUT2D eigenvalue weighted by Gasteiger charge is 2.15. The van der Waals surface area contributed by atoms with Crippen LogP contribution in [0, 0.1) is 0 Å². The highest BCUT2D eigenvalue weighted by atomic mass is 35.5. The zero-order valence-corrected chi connectivity index (χ0v) is 18.4. The third-order valence-corrected chi connectivity index (χ3v) is 4.83. The van der Waals surface area contributed by atoms with Gasteiger partial charge < -0.3 is 10.1 Å². The molecule has 0 aliphatic carbocycles. The predicted molar refractivity (Wildman–Crippen MR) is 124 cm³/mol. The van der Waals surface area contributed by atoms with E-state index in [4.69, 9.17) is 39.5 Å². The molecule has 0 aromatic heterocycles. The Morgan fingerprint density at radius 2 is 1.56 bits per heavy atom. The van der Waals surface area contributed by atoms with Crippen LogP contribution in [-0.2, 0) is 9.59 Å². The normalized spacial score (nSPS) is 10.6. The van der Waals surface area contributed by atoms with Gasteiger partial charge in [-0.05, 0) is 60.2 Å². The van der Waals surface area contributed by atoms with Crippen molar-refractivity contribution in [2.24, 2.45) is 5.10 Å². The molecule has 3 aromatic rings. The molecule has 0 saturated carbocycles. The smallest absolute Gasteiger partial charge is 0.345 e. The van der Waals surface area contributed by atoms with Gasteiger partial charge in [-0.3, -0.25) is 9.59 Å². The molecule has 2 N–H and O–H groups in total. The number of benzene rings is 3. The summed E-state index contributed by atoms with van der Waals surface area (Å²) in [5.74, 6) is -2.24. The van der Waals surface area contributed by atoms with E-state index in [1.54, 1.807) is 36.4 Å². The maximum atomic E-state index is 12.2. The molecule has 0 fully saturated rings. The standard InChI is InChI=1S/C22H14Cl3N3O4/c23-14-7-10-16(18(25)11-14)22(31)32-15-8-5-13(6-9-15)12-26-28-21(30)20(29)27-19-4-2-1-3-17(19)24/h1-12H,(H,27,29)(H,28,30)/b26-12+. The number of hydrazone groups is 1. The summed E-state index contributed by atoms with van der Waals surface area (Å²) >= 11 is 17.8. The largest absolute Gasteiger partial charge is 0.423 e. The van der Waals surface area contributed by atoms with Gasteiger partial charge in [-0.1, -0.05) is 46.9 Å². The highest BCUT2D eigenvalue weighted by Crippen LogP contribution is 2.23. The lowest BCUT2D eigenvalue weighted by Crippen LogP contribution is -2.32. The number of anilines is 1. The number of halogens is 3. The maximum Gasteiger partial charge on any atom is 0.345 e. The second kappa shape index (κ2) is 10.8. The Kier molecular flexibility index (Phi) is 7.83. The van der Waals surface area contributed by atoms with Crippen LogP contribution >= 0.6 is 34.8 Å². The molecular formula is C22H14Cl3N3O4. The average molecular weight is 491 g/mol. The number of rotatable bonds is 5. The van der Waals surface area contributed by atoms with Crippen LogP contribution in [0.5, 0.6) is 5.75 Å². The van der Waals surface area contributed by atoms with Crippen molar-refractivity contribution in [3.63, 3.8) is 0 Å². The van der Waals surface area contributed by atoms with Gasteiger partial charge >= 0.3 is 17.8 Å². The van der Waals surface area contributed by atoms with Crippen LogP contribution in [0.25, 0.3) is 0 Å². The summed E-state index contributed by atoms with van der Waals surface area (Å²) in [4.78, 5) is 36.0. The van der Waals surface area contributed by atoms with E-state index in [1.165, 1.54) is 36.5 Å². The first-order valence-corrected chi connectivity index (χ1v) is 10.1.